The predicted octanol–water partition coefficient (Wildman–Crippen LogP) is 2.30. The lowest BCUT2D eigenvalue weighted by Crippen LogP contribution is -2.16. The SMILES string of the molecule is Cc1[nH]c2ccccc2c1CNCCCCN. The number of unbranched alkanes of at least 4 members (excludes halogenated alkanes) is 1. The van der Waals surface area contributed by atoms with E-state index in [0.717, 1.165) is 32.5 Å². The van der Waals surface area contributed by atoms with Crippen LogP contribution in [0.25, 0.3) is 10.9 Å². The van der Waals surface area contributed by atoms with Crippen molar-refractivity contribution in [1.82, 2.24) is 10.3 Å². The Morgan fingerprint density at radius 2 is 2.06 bits per heavy atom. The van der Waals surface area contributed by atoms with Gasteiger partial charge in [0.15, 0.2) is 0 Å². The molecule has 2 aromatic rings. The van der Waals surface area contributed by atoms with Crippen LogP contribution in [-0.2, 0) is 6.54 Å². The number of fused-ring (bicyclic) bond motifs is 1. The van der Waals surface area contributed by atoms with Crippen molar-refractivity contribution in [2.75, 3.05) is 13.1 Å². The number of hydrogen-bond acceptors (Lipinski definition) is 2. The molecule has 0 radical (unpaired) electrons. The Kier molecular flexibility index (Phi) is 4.18. The van der Waals surface area contributed by atoms with Gasteiger partial charge in [-0.3, -0.25) is 0 Å². The number of aromatic nitrogens is 1. The van der Waals surface area contributed by atoms with Crippen LogP contribution in [-0.4, -0.2) is 18.1 Å². The Bertz CT molecular complexity index is 473. The zero-order valence-corrected chi connectivity index (χ0v) is 10.4. The molecular formula is C14H21N3. The molecular weight excluding hydrogens is 210 g/mol. The van der Waals surface area contributed by atoms with Gasteiger partial charge in [0.1, 0.15) is 0 Å². The second-order valence-electron chi connectivity index (χ2n) is 4.45. The molecule has 0 saturated heterocycles. The van der Waals surface area contributed by atoms with E-state index in [4.69, 9.17) is 5.73 Å². The predicted molar refractivity (Wildman–Crippen MR) is 73.0 cm³/mol. The molecule has 17 heavy (non-hydrogen) atoms. The molecule has 0 aliphatic carbocycles. The highest BCUT2D eigenvalue weighted by Gasteiger charge is 2.06. The van der Waals surface area contributed by atoms with E-state index in [2.05, 4.69) is 41.5 Å². The molecule has 0 aliphatic heterocycles. The number of benzene rings is 1. The number of hydrogen-bond donors (Lipinski definition) is 3. The molecule has 3 heteroatoms. The summed E-state index contributed by atoms with van der Waals surface area (Å²) in [5.74, 6) is 0. The van der Waals surface area contributed by atoms with Crippen molar-refractivity contribution < 1.29 is 0 Å². The number of aryl methyl sites for hydroxylation is 1. The van der Waals surface area contributed by atoms with Gasteiger partial charge in [0.2, 0.25) is 0 Å². The van der Waals surface area contributed by atoms with Crippen molar-refractivity contribution >= 4 is 10.9 Å². The first-order valence-corrected chi connectivity index (χ1v) is 6.30. The van der Waals surface area contributed by atoms with Gasteiger partial charge in [0, 0.05) is 23.1 Å². The van der Waals surface area contributed by atoms with E-state index in [-0.39, 0.29) is 0 Å². The highest BCUT2D eigenvalue weighted by Crippen LogP contribution is 2.21. The van der Waals surface area contributed by atoms with Crippen molar-refractivity contribution in [3.63, 3.8) is 0 Å². The number of nitrogens with one attached hydrogen (secondary N) is 2. The van der Waals surface area contributed by atoms with Crippen LogP contribution in [0.1, 0.15) is 24.1 Å². The van der Waals surface area contributed by atoms with E-state index in [1.54, 1.807) is 0 Å². The average Bonchev–Trinajstić information content (AvgIpc) is 2.65. The number of aromatic amines is 1. The van der Waals surface area contributed by atoms with Gasteiger partial charge in [-0.15, -0.1) is 0 Å². The Morgan fingerprint density at radius 3 is 2.88 bits per heavy atom. The van der Waals surface area contributed by atoms with E-state index in [1.165, 1.54) is 22.2 Å². The summed E-state index contributed by atoms with van der Waals surface area (Å²) in [4.78, 5) is 3.42. The molecule has 1 aromatic carbocycles. The second kappa shape index (κ2) is 5.84. The van der Waals surface area contributed by atoms with Crippen molar-refractivity contribution in [2.24, 2.45) is 5.73 Å². The minimum atomic E-state index is 0.786. The fourth-order valence-electron chi connectivity index (χ4n) is 2.17. The summed E-state index contributed by atoms with van der Waals surface area (Å²) in [6, 6.07) is 8.46. The third-order valence-electron chi connectivity index (χ3n) is 3.14. The largest absolute Gasteiger partial charge is 0.358 e. The van der Waals surface area contributed by atoms with E-state index in [9.17, 15) is 0 Å². The van der Waals surface area contributed by atoms with Crippen LogP contribution in [0.4, 0.5) is 0 Å². The molecule has 1 aromatic heterocycles. The maximum atomic E-state index is 5.47. The zero-order valence-electron chi connectivity index (χ0n) is 10.4. The molecule has 92 valence electrons. The van der Waals surface area contributed by atoms with E-state index in [1.807, 2.05) is 0 Å². The molecule has 0 bridgehead atoms. The maximum Gasteiger partial charge on any atom is 0.0459 e. The van der Waals surface area contributed by atoms with Gasteiger partial charge in [-0.1, -0.05) is 18.2 Å². The third-order valence-corrected chi connectivity index (χ3v) is 3.14. The molecule has 0 saturated carbocycles. The standard InChI is InChI=1S/C14H21N3/c1-11-13(10-16-9-5-4-8-15)12-6-2-3-7-14(12)17-11/h2-3,6-7,16-17H,4-5,8-10,15H2,1H3. The lowest BCUT2D eigenvalue weighted by Gasteiger charge is -2.04. The maximum absolute atomic E-state index is 5.47. The summed E-state index contributed by atoms with van der Waals surface area (Å²) in [6.45, 7) is 4.89. The highest BCUT2D eigenvalue weighted by molar-refractivity contribution is 5.84. The number of para-hydroxylation sites is 1. The number of nitrogens with two attached hydrogens (primary N) is 1. The van der Waals surface area contributed by atoms with Gasteiger partial charge in [0.25, 0.3) is 0 Å². The molecule has 0 spiro atoms. The molecule has 2 rings (SSSR count). The van der Waals surface area contributed by atoms with Crippen LogP contribution in [0.2, 0.25) is 0 Å². The summed E-state index contributed by atoms with van der Waals surface area (Å²) in [7, 11) is 0. The Labute approximate surface area is 102 Å². The zero-order chi connectivity index (χ0) is 12.1. The van der Waals surface area contributed by atoms with Crippen LogP contribution < -0.4 is 11.1 Å². The minimum absolute atomic E-state index is 0.786. The summed E-state index contributed by atoms with van der Waals surface area (Å²) < 4.78 is 0. The monoisotopic (exact) mass is 231 g/mol. The summed E-state index contributed by atoms with van der Waals surface area (Å²) >= 11 is 0. The van der Waals surface area contributed by atoms with Gasteiger partial charge >= 0.3 is 0 Å². The molecule has 0 aliphatic rings. The summed E-state index contributed by atoms with van der Waals surface area (Å²) in [5, 5.41) is 4.81. The van der Waals surface area contributed by atoms with Crippen LogP contribution in [0.3, 0.4) is 0 Å². The third kappa shape index (κ3) is 2.87. The topological polar surface area (TPSA) is 53.8 Å². The van der Waals surface area contributed by atoms with E-state index < -0.39 is 0 Å². The Balaban J connectivity index is 2.00. The summed E-state index contributed by atoms with van der Waals surface area (Å²) in [5.41, 5.74) is 9.34. The quantitative estimate of drug-likeness (QED) is 0.668. The first-order chi connectivity index (χ1) is 8.33. The van der Waals surface area contributed by atoms with Crippen LogP contribution in [0.5, 0.6) is 0 Å². The molecule has 4 N–H and O–H groups in total. The minimum Gasteiger partial charge on any atom is -0.358 e. The molecule has 1 heterocycles. The highest BCUT2D eigenvalue weighted by atomic mass is 14.9. The van der Waals surface area contributed by atoms with Crippen LogP contribution >= 0.6 is 0 Å². The first-order valence-electron chi connectivity index (χ1n) is 6.30. The Hall–Kier alpha value is -1.32. The van der Waals surface area contributed by atoms with Gasteiger partial charge < -0.3 is 16.0 Å². The fourth-order valence-corrected chi connectivity index (χ4v) is 2.17. The lowest BCUT2D eigenvalue weighted by atomic mass is 10.1. The van der Waals surface area contributed by atoms with E-state index in [0.29, 0.717) is 0 Å². The first kappa shape index (κ1) is 12.1. The number of H-pyrrole nitrogens is 1. The van der Waals surface area contributed by atoms with Crippen molar-refractivity contribution in [3.8, 4) is 0 Å². The molecule has 0 unspecified atom stereocenters. The Morgan fingerprint density at radius 1 is 1.24 bits per heavy atom. The lowest BCUT2D eigenvalue weighted by molar-refractivity contribution is 0.628. The van der Waals surface area contributed by atoms with E-state index >= 15 is 0 Å². The molecule has 3 nitrogen and oxygen atoms in total. The van der Waals surface area contributed by atoms with Crippen molar-refractivity contribution in [1.29, 1.82) is 0 Å². The smallest absolute Gasteiger partial charge is 0.0459 e. The van der Waals surface area contributed by atoms with Gasteiger partial charge in [-0.2, -0.15) is 0 Å². The normalized spacial score (nSPS) is 11.2. The molecule has 0 amide bonds. The molecule has 0 atom stereocenters. The molecule has 0 fully saturated rings. The fraction of sp³-hybridized carbons (Fsp3) is 0.429. The second-order valence-corrected chi connectivity index (χ2v) is 4.45. The van der Waals surface area contributed by atoms with Crippen LogP contribution in [0, 0.1) is 6.92 Å². The van der Waals surface area contributed by atoms with Gasteiger partial charge in [-0.25, -0.2) is 0 Å². The van der Waals surface area contributed by atoms with Crippen LogP contribution in [0.15, 0.2) is 24.3 Å². The number of rotatable bonds is 6. The van der Waals surface area contributed by atoms with Crippen molar-refractivity contribution in [3.05, 3.63) is 35.5 Å². The van der Waals surface area contributed by atoms with Gasteiger partial charge in [0.05, 0.1) is 0 Å². The average molecular weight is 231 g/mol. The summed E-state index contributed by atoms with van der Waals surface area (Å²) in [6.07, 6.45) is 2.25. The van der Waals surface area contributed by atoms with Gasteiger partial charge in [-0.05, 0) is 44.5 Å². The van der Waals surface area contributed by atoms with Crippen molar-refractivity contribution in [2.45, 2.75) is 26.3 Å².